The Kier molecular flexibility index (Phi) is 5.85. The largest absolute Gasteiger partial charge is 0.475 e. The Labute approximate surface area is 155 Å². The molecule has 0 fully saturated rings. The molecule has 2 amide bonds. The van der Waals surface area contributed by atoms with Crippen LogP contribution in [0.3, 0.4) is 0 Å². The Hall–Kier alpha value is -3.17. The van der Waals surface area contributed by atoms with Crippen LogP contribution in [0.25, 0.3) is 11.0 Å². The minimum Gasteiger partial charge on any atom is -0.464 e. The average molecular weight is 367 g/mol. The molecule has 3 rings (SSSR count). The Morgan fingerprint density at radius 2 is 1.89 bits per heavy atom. The van der Waals surface area contributed by atoms with E-state index in [0.717, 1.165) is 5.39 Å². The van der Waals surface area contributed by atoms with Crippen molar-refractivity contribution in [1.82, 2.24) is 15.6 Å². The van der Waals surface area contributed by atoms with Crippen LogP contribution in [0.1, 0.15) is 11.3 Å². The highest BCUT2D eigenvalue weighted by Crippen LogP contribution is 2.22. The second-order valence-corrected chi connectivity index (χ2v) is 5.96. The molecule has 8 nitrogen and oxygen atoms in total. The molecule has 4 N–H and O–H groups in total. The van der Waals surface area contributed by atoms with Crippen molar-refractivity contribution < 1.29 is 24.1 Å². The van der Waals surface area contributed by atoms with Gasteiger partial charge in [0.05, 0.1) is 24.4 Å². The molecule has 0 radical (unpaired) electrons. The molecule has 0 aliphatic heterocycles. The zero-order valence-corrected chi connectivity index (χ0v) is 14.3. The standard InChI is InChI=1S/C18H18BN3O5/c23-17(21-10-13-5-3-4-8-20-13)18(24)22-16(19(25)26)9-12-11-27-15-7-2-1-6-14(12)15/h1-8,11,16,25-26H,9-10H2,(H,21,23)(H,22,24). The lowest BCUT2D eigenvalue weighted by Gasteiger charge is -2.17. The summed E-state index contributed by atoms with van der Waals surface area (Å²) in [5.74, 6) is -2.92. The van der Waals surface area contributed by atoms with E-state index in [1.165, 1.54) is 6.26 Å². The van der Waals surface area contributed by atoms with Crippen molar-refractivity contribution in [1.29, 1.82) is 0 Å². The molecule has 0 spiro atoms. The Bertz CT molecular complexity index is 929. The number of pyridine rings is 1. The van der Waals surface area contributed by atoms with Crippen LogP contribution in [0, 0.1) is 0 Å². The van der Waals surface area contributed by atoms with Crippen molar-refractivity contribution in [3.63, 3.8) is 0 Å². The number of nitrogens with one attached hydrogen (secondary N) is 2. The highest BCUT2D eigenvalue weighted by atomic mass is 16.4. The molecule has 0 saturated heterocycles. The summed E-state index contributed by atoms with van der Waals surface area (Å²) in [6.45, 7) is 0.0891. The number of fused-ring (bicyclic) bond motifs is 1. The van der Waals surface area contributed by atoms with Crippen LogP contribution >= 0.6 is 0 Å². The fraction of sp³-hybridized carbons (Fsp3) is 0.167. The molecule has 1 aromatic carbocycles. The van der Waals surface area contributed by atoms with Crippen LogP contribution in [0.5, 0.6) is 0 Å². The molecular formula is C18H18BN3O5. The molecule has 0 bridgehead atoms. The number of benzene rings is 1. The first kappa shape index (κ1) is 18.6. The maximum atomic E-state index is 12.1. The number of aromatic nitrogens is 1. The number of carbonyl (C=O) groups is 2. The van der Waals surface area contributed by atoms with E-state index >= 15 is 0 Å². The predicted molar refractivity (Wildman–Crippen MR) is 98.1 cm³/mol. The highest BCUT2D eigenvalue weighted by molar-refractivity contribution is 6.45. The van der Waals surface area contributed by atoms with Crippen molar-refractivity contribution in [3.8, 4) is 0 Å². The van der Waals surface area contributed by atoms with Crippen molar-refractivity contribution in [2.24, 2.45) is 0 Å². The van der Waals surface area contributed by atoms with Crippen molar-refractivity contribution >= 4 is 29.9 Å². The summed E-state index contributed by atoms with van der Waals surface area (Å²) in [5.41, 5.74) is 1.94. The lowest BCUT2D eigenvalue weighted by molar-refractivity contribution is -0.139. The predicted octanol–water partition coefficient (Wildman–Crippen LogP) is 0.183. The summed E-state index contributed by atoms with van der Waals surface area (Å²) in [4.78, 5) is 28.1. The number of para-hydroxylation sites is 1. The number of carbonyl (C=O) groups excluding carboxylic acids is 2. The van der Waals surface area contributed by atoms with E-state index in [-0.39, 0.29) is 13.0 Å². The number of rotatable bonds is 6. The van der Waals surface area contributed by atoms with Crippen LogP contribution in [-0.4, -0.2) is 39.9 Å². The first-order valence-corrected chi connectivity index (χ1v) is 8.34. The van der Waals surface area contributed by atoms with Gasteiger partial charge in [-0.05, 0) is 30.2 Å². The second kappa shape index (κ2) is 8.48. The van der Waals surface area contributed by atoms with Gasteiger partial charge in [0.1, 0.15) is 5.58 Å². The van der Waals surface area contributed by atoms with Crippen molar-refractivity contribution in [2.45, 2.75) is 18.9 Å². The number of furan rings is 1. The maximum Gasteiger partial charge on any atom is 0.475 e. The number of hydrogen-bond donors (Lipinski definition) is 4. The average Bonchev–Trinajstić information content (AvgIpc) is 3.09. The molecule has 0 aliphatic carbocycles. The zero-order valence-electron chi connectivity index (χ0n) is 14.3. The van der Waals surface area contributed by atoms with E-state index < -0.39 is 24.9 Å². The molecule has 1 atom stereocenters. The van der Waals surface area contributed by atoms with Crippen LogP contribution in [-0.2, 0) is 22.6 Å². The number of nitrogens with zero attached hydrogens (tertiary/aromatic N) is 1. The molecule has 2 heterocycles. The van der Waals surface area contributed by atoms with Gasteiger partial charge in [0.25, 0.3) is 0 Å². The zero-order chi connectivity index (χ0) is 19.2. The van der Waals surface area contributed by atoms with Gasteiger partial charge in [0.15, 0.2) is 0 Å². The number of amides is 2. The summed E-state index contributed by atoms with van der Waals surface area (Å²) >= 11 is 0. The quantitative estimate of drug-likeness (QED) is 0.364. The summed E-state index contributed by atoms with van der Waals surface area (Å²) in [6, 6.07) is 12.5. The molecule has 138 valence electrons. The van der Waals surface area contributed by atoms with E-state index in [1.54, 1.807) is 30.5 Å². The van der Waals surface area contributed by atoms with E-state index in [4.69, 9.17) is 4.42 Å². The van der Waals surface area contributed by atoms with E-state index in [2.05, 4.69) is 15.6 Å². The smallest absolute Gasteiger partial charge is 0.464 e. The minimum absolute atomic E-state index is 0.0891. The van der Waals surface area contributed by atoms with Crippen molar-refractivity contribution in [3.05, 3.63) is 66.2 Å². The Balaban J connectivity index is 1.61. The lowest BCUT2D eigenvalue weighted by atomic mass is 9.76. The third-order valence-corrected chi connectivity index (χ3v) is 4.04. The van der Waals surface area contributed by atoms with E-state index in [9.17, 15) is 19.6 Å². The second-order valence-electron chi connectivity index (χ2n) is 5.96. The Morgan fingerprint density at radius 1 is 1.11 bits per heavy atom. The van der Waals surface area contributed by atoms with Gasteiger partial charge in [-0.1, -0.05) is 24.3 Å². The topological polar surface area (TPSA) is 125 Å². The lowest BCUT2D eigenvalue weighted by Crippen LogP contribution is -2.52. The van der Waals surface area contributed by atoms with Gasteiger partial charge < -0.3 is 25.1 Å². The van der Waals surface area contributed by atoms with Gasteiger partial charge >= 0.3 is 18.9 Å². The van der Waals surface area contributed by atoms with Gasteiger partial charge in [-0.3, -0.25) is 14.6 Å². The van der Waals surface area contributed by atoms with Crippen LogP contribution in [0.15, 0.2) is 59.3 Å². The fourth-order valence-corrected chi connectivity index (χ4v) is 2.65. The molecule has 2 aromatic heterocycles. The van der Waals surface area contributed by atoms with Gasteiger partial charge in [0.2, 0.25) is 0 Å². The molecule has 27 heavy (non-hydrogen) atoms. The molecule has 0 aliphatic rings. The third-order valence-electron chi connectivity index (χ3n) is 4.04. The molecular weight excluding hydrogens is 349 g/mol. The first-order chi connectivity index (χ1) is 13.0. The molecule has 9 heteroatoms. The van der Waals surface area contributed by atoms with Crippen LogP contribution in [0.4, 0.5) is 0 Å². The van der Waals surface area contributed by atoms with Gasteiger partial charge in [-0.2, -0.15) is 0 Å². The SMILES string of the molecule is O=C(NCc1ccccn1)C(=O)NC(Cc1coc2ccccc12)B(O)O. The molecule has 0 saturated carbocycles. The summed E-state index contributed by atoms with van der Waals surface area (Å²) in [6.07, 6.45) is 3.16. The fourth-order valence-electron chi connectivity index (χ4n) is 2.65. The normalized spacial score (nSPS) is 11.8. The summed E-state index contributed by atoms with van der Waals surface area (Å²) in [7, 11) is -1.84. The number of hydrogen-bond acceptors (Lipinski definition) is 6. The summed E-state index contributed by atoms with van der Waals surface area (Å²) in [5, 5.41) is 24.8. The summed E-state index contributed by atoms with van der Waals surface area (Å²) < 4.78 is 5.41. The molecule has 3 aromatic rings. The van der Waals surface area contributed by atoms with Crippen molar-refractivity contribution in [2.75, 3.05) is 0 Å². The molecule has 1 unspecified atom stereocenters. The van der Waals surface area contributed by atoms with E-state index in [0.29, 0.717) is 16.8 Å². The van der Waals surface area contributed by atoms with Crippen LogP contribution in [0.2, 0.25) is 0 Å². The minimum atomic E-state index is -1.84. The third kappa shape index (κ3) is 4.72. The van der Waals surface area contributed by atoms with Crippen LogP contribution < -0.4 is 10.6 Å². The monoisotopic (exact) mass is 367 g/mol. The highest BCUT2D eigenvalue weighted by Gasteiger charge is 2.29. The van der Waals surface area contributed by atoms with E-state index in [1.807, 2.05) is 18.2 Å². The van der Waals surface area contributed by atoms with Gasteiger partial charge in [0, 0.05) is 11.6 Å². The first-order valence-electron chi connectivity index (χ1n) is 8.34. The Morgan fingerprint density at radius 3 is 2.63 bits per heavy atom. The van der Waals surface area contributed by atoms with Gasteiger partial charge in [-0.25, -0.2) is 0 Å². The maximum absolute atomic E-state index is 12.1. The van der Waals surface area contributed by atoms with Gasteiger partial charge in [-0.15, -0.1) is 0 Å².